The number of carbonyl (C=O) groups is 1. The van der Waals surface area contributed by atoms with E-state index in [1.807, 2.05) is 0 Å². The highest BCUT2D eigenvalue weighted by molar-refractivity contribution is 5.98. The van der Waals surface area contributed by atoms with Crippen molar-refractivity contribution in [3.63, 3.8) is 0 Å². The number of nitrogens with zero attached hydrogens (tertiary/aromatic N) is 1. The quantitative estimate of drug-likeness (QED) is 0.825. The fourth-order valence-corrected chi connectivity index (χ4v) is 1.47. The fourth-order valence-electron chi connectivity index (χ4n) is 1.47. The highest BCUT2D eigenvalue weighted by Gasteiger charge is 2.32. The van der Waals surface area contributed by atoms with Crippen LogP contribution in [0.4, 0.5) is 13.2 Å². The molecular weight excluding hydrogens is 247 g/mol. The summed E-state index contributed by atoms with van der Waals surface area (Å²) in [6.45, 7) is 0. The number of benzene rings is 1. The average Bonchev–Trinajstić information content (AvgIpc) is 2.80. The van der Waals surface area contributed by atoms with Gasteiger partial charge in [0.15, 0.2) is 0 Å². The van der Waals surface area contributed by atoms with Crippen LogP contribution in [-0.2, 0) is 0 Å². The predicted molar refractivity (Wildman–Crippen MR) is 57.3 cm³/mol. The molecule has 0 amide bonds. The molecule has 0 bridgehead atoms. The van der Waals surface area contributed by atoms with E-state index in [-0.39, 0.29) is 5.56 Å². The molecule has 0 aliphatic carbocycles. The number of carbonyl (C=O) groups excluding carboxylic acids is 1. The summed E-state index contributed by atoms with van der Waals surface area (Å²) >= 11 is 0. The summed E-state index contributed by atoms with van der Waals surface area (Å²) in [5, 5.41) is 0. The van der Waals surface area contributed by atoms with E-state index in [1.54, 1.807) is 12.1 Å². The van der Waals surface area contributed by atoms with Gasteiger partial charge in [0.25, 0.3) is 5.91 Å². The van der Waals surface area contributed by atoms with Gasteiger partial charge < -0.3 is 4.74 Å². The van der Waals surface area contributed by atoms with Crippen LogP contribution in [0.15, 0.2) is 48.8 Å². The van der Waals surface area contributed by atoms with E-state index in [4.69, 9.17) is 0 Å². The zero-order valence-electron chi connectivity index (χ0n) is 9.02. The standard InChI is InChI=1S/C12H8F3NO2/c13-12(14,15)18-10-6-2-1-5-9(10)11(17)16-7-3-4-8-16/h1-8H. The molecule has 0 radical (unpaired) electrons. The molecule has 94 valence electrons. The number of hydrogen-bond donors (Lipinski definition) is 0. The number of alkyl halides is 3. The molecule has 0 spiro atoms. The van der Waals surface area contributed by atoms with Crippen molar-refractivity contribution in [3.05, 3.63) is 54.4 Å². The lowest BCUT2D eigenvalue weighted by molar-refractivity contribution is -0.274. The molecule has 0 saturated carbocycles. The molecular formula is C12H8F3NO2. The number of aromatic nitrogens is 1. The molecule has 1 aromatic carbocycles. The molecule has 0 saturated heterocycles. The van der Waals surface area contributed by atoms with Crippen molar-refractivity contribution in [2.75, 3.05) is 0 Å². The molecule has 0 atom stereocenters. The van der Waals surface area contributed by atoms with Crippen molar-refractivity contribution in [2.45, 2.75) is 6.36 Å². The van der Waals surface area contributed by atoms with Crippen LogP contribution in [0, 0.1) is 0 Å². The molecule has 3 nitrogen and oxygen atoms in total. The summed E-state index contributed by atoms with van der Waals surface area (Å²) in [4.78, 5) is 11.9. The Morgan fingerprint density at radius 2 is 1.67 bits per heavy atom. The summed E-state index contributed by atoms with van der Waals surface area (Å²) in [5.41, 5.74) is -0.147. The Morgan fingerprint density at radius 3 is 2.28 bits per heavy atom. The lowest BCUT2D eigenvalue weighted by atomic mass is 10.2. The van der Waals surface area contributed by atoms with Gasteiger partial charge in [-0.05, 0) is 24.3 Å². The Morgan fingerprint density at radius 1 is 1.06 bits per heavy atom. The Kier molecular flexibility index (Phi) is 3.10. The van der Waals surface area contributed by atoms with Gasteiger partial charge in [-0.3, -0.25) is 9.36 Å². The average molecular weight is 255 g/mol. The Bertz CT molecular complexity index is 547. The zero-order chi connectivity index (χ0) is 13.2. The third-order valence-corrected chi connectivity index (χ3v) is 2.18. The highest BCUT2D eigenvalue weighted by Crippen LogP contribution is 2.26. The third-order valence-electron chi connectivity index (χ3n) is 2.18. The zero-order valence-corrected chi connectivity index (χ0v) is 9.02. The van der Waals surface area contributed by atoms with E-state index in [0.29, 0.717) is 0 Å². The van der Waals surface area contributed by atoms with Crippen molar-refractivity contribution in [3.8, 4) is 5.75 Å². The number of rotatable bonds is 2. The Labute approximate surface area is 100 Å². The summed E-state index contributed by atoms with van der Waals surface area (Å²) < 4.78 is 41.6. The summed E-state index contributed by atoms with van der Waals surface area (Å²) in [6.07, 6.45) is -1.92. The van der Waals surface area contributed by atoms with Gasteiger partial charge in [0, 0.05) is 12.4 Å². The van der Waals surface area contributed by atoms with Crippen LogP contribution in [0.25, 0.3) is 0 Å². The summed E-state index contributed by atoms with van der Waals surface area (Å²) in [6, 6.07) is 8.43. The van der Waals surface area contributed by atoms with E-state index in [2.05, 4.69) is 4.74 Å². The first-order valence-electron chi connectivity index (χ1n) is 5.00. The molecule has 0 aliphatic rings. The van der Waals surface area contributed by atoms with Crippen LogP contribution in [0.3, 0.4) is 0 Å². The van der Waals surface area contributed by atoms with Crippen LogP contribution < -0.4 is 4.74 Å². The lowest BCUT2D eigenvalue weighted by Crippen LogP contribution is -2.20. The minimum absolute atomic E-state index is 0.147. The number of ether oxygens (including phenoxy) is 1. The van der Waals surface area contributed by atoms with E-state index >= 15 is 0 Å². The van der Waals surface area contributed by atoms with Gasteiger partial charge >= 0.3 is 6.36 Å². The maximum absolute atomic E-state index is 12.2. The molecule has 6 heteroatoms. The van der Waals surface area contributed by atoms with E-state index < -0.39 is 18.0 Å². The molecule has 0 fully saturated rings. The van der Waals surface area contributed by atoms with Crippen molar-refractivity contribution < 1.29 is 22.7 Å². The Balaban J connectivity index is 2.36. The maximum Gasteiger partial charge on any atom is 0.573 e. The highest BCUT2D eigenvalue weighted by atomic mass is 19.4. The topological polar surface area (TPSA) is 31.2 Å². The molecule has 18 heavy (non-hydrogen) atoms. The maximum atomic E-state index is 12.2. The van der Waals surface area contributed by atoms with Gasteiger partial charge in [0.1, 0.15) is 5.75 Å². The summed E-state index contributed by atoms with van der Waals surface area (Å²) in [5.74, 6) is -1.09. The summed E-state index contributed by atoms with van der Waals surface area (Å²) in [7, 11) is 0. The fraction of sp³-hybridized carbons (Fsp3) is 0.0833. The van der Waals surface area contributed by atoms with Crippen LogP contribution in [0.1, 0.15) is 10.4 Å². The number of hydrogen-bond acceptors (Lipinski definition) is 2. The van der Waals surface area contributed by atoms with Gasteiger partial charge in [-0.25, -0.2) is 0 Å². The predicted octanol–water partition coefficient (Wildman–Crippen LogP) is 3.08. The molecule has 0 N–H and O–H groups in total. The van der Waals surface area contributed by atoms with Crippen molar-refractivity contribution >= 4 is 5.91 Å². The molecule has 1 heterocycles. The van der Waals surface area contributed by atoms with Gasteiger partial charge in [-0.15, -0.1) is 13.2 Å². The van der Waals surface area contributed by atoms with Gasteiger partial charge in [0.05, 0.1) is 5.56 Å². The van der Waals surface area contributed by atoms with Gasteiger partial charge in [0.2, 0.25) is 0 Å². The Hall–Kier alpha value is -2.24. The molecule has 2 aromatic rings. The minimum Gasteiger partial charge on any atom is -0.405 e. The smallest absolute Gasteiger partial charge is 0.405 e. The van der Waals surface area contributed by atoms with Crippen molar-refractivity contribution in [1.29, 1.82) is 0 Å². The van der Waals surface area contributed by atoms with Crippen LogP contribution >= 0.6 is 0 Å². The van der Waals surface area contributed by atoms with Crippen molar-refractivity contribution in [2.24, 2.45) is 0 Å². The van der Waals surface area contributed by atoms with E-state index in [0.717, 1.165) is 6.07 Å². The minimum atomic E-state index is -4.83. The molecule has 0 aliphatic heterocycles. The van der Waals surface area contributed by atoms with E-state index in [9.17, 15) is 18.0 Å². The number of halogens is 3. The molecule has 1 aromatic heterocycles. The van der Waals surface area contributed by atoms with E-state index in [1.165, 1.54) is 35.2 Å². The van der Waals surface area contributed by atoms with Crippen LogP contribution in [0.5, 0.6) is 5.75 Å². The first-order valence-corrected chi connectivity index (χ1v) is 5.00. The van der Waals surface area contributed by atoms with Crippen LogP contribution in [0.2, 0.25) is 0 Å². The molecule has 0 unspecified atom stereocenters. The largest absolute Gasteiger partial charge is 0.573 e. The van der Waals surface area contributed by atoms with Gasteiger partial charge in [-0.1, -0.05) is 12.1 Å². The SMILES string of the molecule is O=C(c1ccccc1OC(F)(F)F)n1cccc1. The van der Waals surface area contributed by atoms with Crippen LogP contribution in [-0.4, -0.2) is 16.8 Å². The lowest BCUT2D eigenvalue weighted by Gasteiger charge is -2.12. The molecule has 2 rings (SSSR count). The van der Waals surface area contributed by atoms with Gasteiger partial charge in [-0.2, -0.15) is 0 Å². The second-order valence-corrected chi connectivity index (χ2v) is 3.44. The normalized spacial score (nSPS) is 11.3. The third kappa shape index (κ3) is 2.71. The second kappa shape index (κ2) is 4.56. The monoisotopic (exact) mass is 255 g/mol. The first-order chi connectivity index (χ1) is 8.47. The first kappa shape index (κ1) is 12.2. The second-order valence-electron chi connectivity index (χ2n) is 3.44. The van der Waals surface area contributed by atoms with Crippen molar-refractivity contribution in [1.82, 2.24) is 4.57 Å². The number of para-hydroxylation sites is 1.